The van der Waals surface area contributed by atoms with Crippen molar-refractivity contribution >= 4 is 28.5 Å². The highest BCUT2D eigenvalue weighted by molar-refractivity contribution is 8.14. The number of amidine groups is 1. The molecule has 4 heteroatoms. The molecule has 0 saturated heterocycles. The molecule has 0 spiro atoms. The fourth-order valence-corrected chi connectivity index (χ4v) is 4.27. The Morgan fingerprint density at radius 3 is 2.68 bits per heavy atom. The lowest BCUT2D eigenvalue weighted by Crippen LogP contribution is -2.30. The maximum atomic E-state index is 12.1. The van der Waals surface area contributed by atoms with Crippen LogP contribution < -0.4 is 4.90 Å². The van der Waals surface area contributed by atoms with Crippen molar-refractivity contribution in [2.24, 2.45) is 4.99 Å². The molecule has 2 heterocycles. The van der Waals surface area contributed by atoms with E-state index in [1.807, 2.05) is 24.3 Å². The van der Waals surface area contributed by atoms with Gasteiger partial charge in [0, 0.05) is 23.9 Å². The smallest absolute Gasteiger partial charge is 0.249 e. The number of benzene rings is 2. The number of rotatable bonds is 1. The van der Waals surface area contributed by atoms with Gasteiger partial charge < -0.3 is 4.90 Å². The molecule has 0 saturated carbocycles. The number of para-hydroxylation sites is 1. The van der Waals surface area contributed by atoms with Crippen LogP contribution in [0.25, 0.3) is 0 Å². The summed E-state index contributed by atoms with van der Waals surface area (Å²) < 4.78 is 0. The van der Waals surface area contributed by atoms with Crippen LogP contribution in [0.3, 0.4) is 0 Å². The van der Waals surface area contributed by atoms with Crippen molar-refractivity contribution in [1.82, 2.24) is 0 Å². The first-order valence-electron chi connectivity index (χ1n) is 7.50. The molecule has 1 amide bonds. The minimum Gasteiger partial charge on any atom is -0.320 e. The van der Waals surface area contributed by atoms with E-state index in [2.05, 4.69) is 40.2 Å². The number of anilines is 1. The molecule has 3 nitrogen and oxygen atoms in total. The average molecular weight is 308 g/mol. The fraction of sp³-hybridized carbons (Fsp3) is 0.222. The summed E-state index contributed by atoms with van der Waals surface area (Å²) in [6, 6.07) is 18.6. The Bertz CT molecular complexity index is 742. The molecular formula is C18H16N2OS. The Morgan fingerprint density at radius 2 is 1.82 bits per heavy atom. The van der Waals surface area contributed by atoms with Crippen LogP contribution in [0.4, 0.5) is 5.69 Å². The van der Waals surface area contributed by atoms with Gasteiger partial charge in [-0.1, -0.05) is 60.3 Å². The SMILES string of the molecule is O=C1C[C@@H](c2ccccc2)SC(N2CCc3ccccc32)=N1. The van der Waals surface area contributed by atoms with Gasteiger partial charge in [0.05, 0.1) is 0 Å². The first-order chi connectivity index (χ1) is 10.8. The molecule has 2 aromatic rings. The molecule has 2 aliphatic heterocycles. The number of hydrogen-bond acceptors (Lipinski definition) is 3. The lowest BCUT2D eigenvalue weighted by molar-refractivity contribution is -0.117. The zero-order chi connectivity index (χ0) is 14.9. The van der Waals surface area contributed by atoms with E-state index in [0.717, 1.165) is 18.1 Å². The second-order valence-electron chi connectivity index (χ2n) is 5.54. The van der Waals surface area contributed by atoms with Crippen molar-refractivity contribution in [3.63, 3.8) is 0 Å². The van der Waals surface area contributed by atoms with Crippen LogP contribution in [0.1, 0.15) is 22.8 Å². The molecule has 0 unspecified atom stereocenters. The predicted molar refractivity (Wildman–Crippen MR) is 91.3 cm³/mol. The van der Waals surface area contributed by atoms with Gasteiger partial charge >= 0.3 is 0 Å². The third kappa shape index (κ3) is 2.44. The molecule has 0 aromatic heterocycles. The summed E-state index contributed by atoms with van der Waals surface area (Å²) in [4.78, 5) is 18.6. The summed E-state index contributed by atoms with van der Waals surface area (Å²) in [5.74, 6) is -0.0213. The minimum atomic E-state index is -0.0213. The van der Waals surface area contributed by atoms with Gasteiger partial charge in [-0.15, -0.1) is 0 Å². The topological polar surface area (TPSA) is 32.7 Å². The molecule has 22 heavy (non-hydrogen) atoms. The molecule has 4 rings (SSSR count). The number of aliphatic imine (C=N–C) groups is 1. The Labute approximate surface area is 134 Å². The molecule has 0 fully saturated rings. The number of fused-ring (bicyclic) bond motifs is 1. The maximum absolute atomic E-state index is 12.1. The van der Waals surface area contributed by atoms with Gasteiger partial charge in [-0.2, -0.15) is 4.99 Å². The van der Waals surface area contributed by atoms with Gasteiger partial charge in [0.25, 0.3) is 0 Å². The number of thioether (sulfide) groups is 1. The summed E-state index contributed by atoms with van der Waals surface area (Å²) in [6.07, 6.45) is 1.49. The van der Waals surface area contributed by atoms with Gasteiger partial charge in [0.2, 0.25) is 5.91 Å². The number of carbonyl (C=O) groups is 1. The van der Waals surface area contributed by atoms with Gasteiger partial charge in [-0.3, -0.25) is 4.79 Å². The number of hydrogen-bond donors (Lipinski definition) is 0. The monoisotopic (exact) mass is 308 g/mol. The van der Waals surface area contributed by atoms with Crippen LogP contribution >= 0.6 is 11.8 Å². The van der Waals surface area contributed by atoms with Crippen molar-refractivity contribution in [2.45, 2.75) is 18.1 Å². The van der Waals surface area contributed by atoms with Crippen molar-refractivity contribution < 1.29 is 4.79 Å². The molecule has 0 bridgehead atoms. The van der Waals surface area contributed by atoms with E-state index in [1.165, 1.54) is 16.8 Å². The maximum Gasteiger partial charge on any atom is 0.249 e. The van der Waals surface area contributed by atoms with Crippen LogP contribution in [0.15, 0.2) is 59.6 Å². The van der Waals surface area contributed by atoms with Gasteiger partial charge in [-0.25, -0.2) is 0 Å². The Kier molecular flexibility index (Phi) is 3.47. The van der Waals surface area contributed by atoms with E-state index in [9.17, 15) is 4.79 Å². The van der Waals surface area contributed by atoms with E-state index < -0.39 is 0 Å². The lowest BCUT2D eigenvalue weighted by Gasteiger charge is -2.27. The minimum absolute atomic E-state index is 0.0213. The van der Waals surface area contributed by atoms with Crippen LogP contribution in [0.5, 0.6) is 0 Å². The van der Waals surface area contributed by atoms with Crippen LogP contribution in [0, 0.1) is 0 Å². The van der Waals surface area contributed by atoms with Crippen LogP contribution in [0.2, 0.25) is 0 Å². The summed E-state index contributed by atoms with van der Waals surface area (Å²) in [5.41, 5.74) is 3.72. The Hall–Kier alpha value is -2.07. The van der Waals surface area contributed by atoms with Crippen molar-refractivity contribution in [3.05, 3.63) is 65.7 Å². The summed E-state index contributed by atoms with van der Waals surface area (Å²) in [6.45, 7) is 0.903. The zero-order valence-corrected chi connectivity index (χ0v) is 12.9. The van der Waals surface area contributed by atoms with Crippen molar-refractivity contribution in [1.29, 1.82) is 0 Å². The third-order valence-corrected chi connectivity index (χ3v) is 5.36. The fourth-order valence-electron chi connectivity index (χ4n) is 3.02. The lowest BCUT2D eigenvalue weighted by atomic mass is 10.1. The highest BCUT2D eigenvalue weighted by Crippen LogP contribution is 2.40. The predicted octanol–water partition coefficient (Wildman–Crippen LogP) is 3.81. The Morgan fingerprint density at radius 1 is 1.05 bits per heavy atom. The molecule has 0 N–H and O–H groups in total. The van der Waals surface area contributed by atoms with E-state index in [4.69, 9.17) is 0 Å². The van der Waals surface area contributed by atoms with Crippen LogP contribution in [-0.4, -0.2) is 17.6 Å². The van der Waals surface area contributed by atoms with E-state index in [0.29, 0.717) is 6.42 Å². The van der Waals surface area contributed by atoms with Crippen LogP contribution in [-0.2, 0) is 11.2 Å². The standard InChI is InChI=1S/C18H16N2OS/c21-17-12-16(14-7-2-1-3-8-14)22-18(19-17)20-11-10-13-6-4-5-9-15(13)20/h1-9,16H,10-12H2/t16-/m0/s1. The number of nitrogens with zero attached hydrogens (tertiary/aromatic N) is 2. The number of carbonyl (C=O) groups excluding carboxylic acids is 1. The molecule has 2 aromatic carbocycles. The second-order valence-corrected chi connectivity index (χ2v) is 6.71. The van der Waals surface area contributed by atoms with Gasteiger partial charge in [0.1, 0.15) is 0 Å². The molecule has 0 aliphatic carbocycles. The molecule has 1 atom stereocenters. The van der Waals surface area contributed by atoms with Gasteiger partial charge in [0.15, 0.2) is 5.17 Å². The molecule has 2 aliphatic rings. The highest BCUT2D eigenvalue weighted by atomic mass is 32.2. The normalized spacial score (nSPS) is 20.7. The third-order valence-electron chi connectivity index (χ3n) is 4.12. The average Bonchev–Trinajstić information content (AvgIpc) is 2.99. The molecule has 110 valence electrons. The van der Waals surface area contributed by atoms with Gasteiger partial charge in [-0.05, 0) is 23.6 Å². The summed E-state index contributed by atoms with van der Waals surface area (Å²) >= 11 is 1.70. The summed E-state index contributed by atoms with van der Waals surface area (Å²) in [7, 11) is 0. The quantitative estimate of drug-likeness (QED) is 0.803. The van der Waals surface area contributed by atoms with E-state index in [-0.39, 0.29) is 11.2 Å². The second kappa shape index (κ2) is 5.61. The van der Waals surface area contributed by atoms with Crippen molar-refractivity contribution in [2.75, 3.05) is 11.4 Å². The first kappa shape index (κ1) is 13.6. The van der Waals surface area contributed by atoms with E-state index in [1.54, 1.807) is 11.8 Å². The molecular weight excluding hydrogens is 292 g/mol. The Balaban J connectivity index is 1.64. The first-order valence-corrected chi connectivity index (χ1v) is 8.38. The largest absolute Gasteiger partial charge is 0.320 e. The van der Waals surface area contributed by atoms with E-state index >= 15 is 0 Å². The zero-order valence-electron chi connectivity index (χ0n) is 12.1. The highest BCUT2D eigenvalue weighted by Gasteiger charge is 2.30. The van der Waals surface area contributed by atoms with Crippen molar-refractivity contribution in [3.8, 4) is 0 Å². The molecule has 0 radical (unpaired) electrons. The summed E-state index contributed by atoms with van der Waals surface area (Å²) in [5, 5.41) is 1.00. The number of amides is 1.